The van der Waals surface area contributed by atoms with E-state index in [1.54, 1.807) is 0 Å². The van der Waals surface area contributed by atoms with Crippen LogP contribution in [0.4, 0.5) is 19.0 Å². The number of hydrogen-bond acceptors (Lipinski definition) is 6. The summed E-state index contributed by atoms with van der Waals surface area (Å²) in [4.78, 5) is 22.4. The van der Waals surface area contributed by atoms with E-state index in [4.69, 9.17) is 10.3 Å². The number of amides is 1. The number of aromatic nitrogens is 4. The molecule has 2 aliphatic rings. The van der Waals surface area contributed by atoms with Crippen molar-refractivity contribution in [2.45, 2.75) is 64.3 Å². The van der Waals surface area contributed by atoms with Crippen molar-refractivity contribution < 1.29 is 22.5 Å². The quantitative estimate of drug-likeness (QED) is 0.670. The first kappa shape index (κ1) is 19.8. The minimum atomic E-state index is -4.59. The molecule has 3 aromatic rings. The first-order valence-corrected chi connectivity index (χ1v) is 10.1. The molecule has 3 aromatic heterocycles. The zero-order chi connectivity index (χ0) is 22.1. The summed E-state index contributed by atoms with van der Waals surface area (Å²) in [7, 11) is 0. The molecule has 0 radical (unpaired) electrons. The lowest BCUT2D eigenvalue weighted by Gasteiger charge is -2.24. The van der Waals surface area contributed by atoms with Crippen LogP contribution in [0.5, 0.6) is 0 Å². The van der Waals surface area contributed by atoms with Crippen LogP contribution in [-0.4, -0.2) is 36.7 Å². The maximum Gasteiger partial charge on any atom is 0.397 e. The monoisotopic (exact) mass is 434 g/mol. The van der Waals surface area contributed by atoms with Gasteiger partial charge in [-0.2, -0.15) is 13.2 Å². The van der Waals surface area contributed by atoms with Gasteiger partial charge in [0.05, 0.1) is 18.5 Å². The van der Waals surface area contributed by atoms with Gasteiger partial charge in [0, 0.05) is 28.8 Å². The van der Waals surface area contributed by atoms with E-state index in [2.05, 4.69) is 15.1 Å². The molecule has 1 fully saturated rings. The summed E-state index contributed by atoms with van der Waals surface area (Å²) in [5.41, 5.74) is 9.17. The third-order valence-corrected chi connectivity index (χ3v) is 5.83. The van der Waals surface area contributed by atoms with Crippen molar-refractivity contribution in [3.05, 3.63) is 23.3 Å². The maximum absolute atomic E-state index is 13.0. The van der Waals surface area contributed by atoms with Crippen LogP contribution >= 0.6 is 0 Å². The van der Waals surface area contributed by atoms with Gasteiger partial charge >= 0.3 is 6.18 Å². The molecule has 31 heavy (non-hydrogen) atoms. The predicted octanol–water partition coefficient (Wildman–Crippen LogP) is 3.92. The number of carbonyl (C=O) groups is 1. The number of nitrogen functional groups attached to an aromatic ring is 1. The molecule has 0 spiro atoms. The molecule has 4 heterocycles. The highest BCUT2D eigenvalue weighted by Gasteiger charge is 2.40. The first-order valence-electron chi connectivity index (χ1n) is 10.1. The second-order valence-electron chi connectivity index (χ2n) is 8.43. The van der Waals surface area contributed by atoms with Crippen LogP contribution in [0.2, 0.25) is 0 Å². The van der Waals surface area contributed by atoms with E-state index in [1.165, 1.54) is 11.2 Å². The molecule has 1 aliphatic heterocycles. The average molecular weight is 434 g/mol. The SMILES string of the molecule is CC(C)n1c2c(c3c(N)ncnc31)-c1noc(C3CC3)c1CN(C(=O)CC(F)(F)F)C2. The summed E-state index contributed by atoms with van der Waals surface area (Å²) in [6.07, 6.45) is -2.93. The fourth-order valence-corrected chi connectivity index (χ4v) is 4.40. The van der Waals surface area contributed by atoms with E-state index in [-0.39, 0.29) is 30.9 Å². The molecule has 0 unspecified atom stereocenters. The summed E-state index contributed by atoms with van der Waals surface area (Å²) in [6, 6.07) is -0.0866. The van der Waals surface area contributed by atoms with Gasteiger partial charge in [0.15, 0.2) is 0 Å². The van der Waals surface area contributed by atoms with Crippen molar-refractivity contribution in [1.82, 2.24) is 24.6 Å². The predicted molar refractivity (Wildman–Crippen MR) is 105 cm³/mol. The van der Waals surface area contributed by atoms with Gasteiger partial charge in [0.25, 0.3) is 0 Å². The number of rotatable bonds is 3. The van der Waals surface area contributed by atoms with Crippen molar-refractivity contribution in [3.63, 3.8) is 0 Å². The fourth-order valence-electron chi connectivity index (χ4n) is 4.40. The molecule has 1 amide bonds. The van der Waals surface area contributed by atoms with Crippen molar-refractivity contribution in [2.24, 2.45) is 0 Å². The molecule has 0 bridgehead atoms. The van der Waals surface area contributed by atoms with Crippen LogP contribution in [0, 0.1) is 0 Å². The number of nitrogens with zero attached hydrogens (tertiary/aromatic N) is 5. The Kier molecular flexibility index (Phi) is 4.28. The normalized spacial score (nSPS) is 16.5. The smallest absolute Gasteiger partial charge is 0.383 e. The van der Waals surface area contributed by atoms with E-state index < -0.39 is 18.5 Å². The Bertz CT molecular complexity index is 1190. The zero-order valence-corrected chi connectivity index (χ0v) is 17.0. The Morgan fingerprint density at radius 2 is 2.03 bits per heavy atom. The fraction of sp³-hybridized carbons (Fsp3) is 0.500. The Morgan fingerprint density at radius 1 is 1.29 bits per heavy atom. The summed E-state index contributed by atoms with van der Waals surface area (Å²) in [6.45, 7) is 3.86. The van der Waals surface area contributed by atoms with Crippen LogP contribution in [-0.2, 0) is 17.9 Å². The first-order chi connectivity index (χ1) is 14.7. The molecule has 11 heteroatoms. The van der Waals surface area contributed by atoms with Crippen molar-refractivity contribution >= 4 is 22.8 Å². The van der Waals surface area contributed by atoms with Crippen LogP contribution in [0.25, 0.3) is 22.3 Å². The molecular weight excluding hydrogens is 413 g/mol. The number of alkyl halides is 3. The largest absolute Gasteiger partial charge is 0.397 e. The molecular formula is C20H21F3N6O2. The molecule has 1 saturated carbocycles. The van der Waals surface area contributed by atoms with E-state index in [0.29, 0.717) is 39.3 Å². The maximum atomic E-state index is 13.0. The summed E-state index contributed by atoms with van der Waals surface area (Å²) in [5.74, 6) is 0.0597. The number of carbonyl (C=O) groups excluding carboxylic acids is 1. The van der Waals surface area contributed by atoms with E-state index >= 15 is 0 Å². The van der Waals surface area contributed by atoms with Crippen LogP contribution < -0.4 is 5.73 Å². The Hall–Kier alpha value is -3.11. The average Bonchev–Trinajstić information content (AvgIpc) is 3.37. The molecule has 8 nitrogen and oxygen atoms in total. The second kappa shape index (κ2) is 6.69. The van der Waals surface area contributed by atoms with Crippen molar-refractivity contribution in [3.8, 4) is 11.3 Å². The van der Waals surface area contributed by atoms with E-state index in [0.717, 1.165) is 12.8 Å². The van der Waals surface area contributed by atoms with Gasteiger partial charge in [-0.25, -0.2) is 9.97 Å². The Morgan fingerprint density at radius 3 is 2.68 bits per heavy atom. The number of fused-ring (bicyclic) bond motifs is 5. The highest BCUT2D eigenvalue weighted by molar-refractivity contribution is 6.02. The second-order valence-corrected chi connectivity index (χ2v) is 8.43. The Balaban J connectivity index is 1.77. The molecule has 0 aromatic carbocycles. The zero-order valence-electron chi connectivity index (χ0n) is 17.0. The molecule has 1 aliphatic carbocycles. The third-order valence-electron chi connectivity index (χ3n) is 5.83. The van der Waals surface area contributed by atoms with Gasteiger partial charge in [0.1, 0.15) is 35.7 Å². The highest BCUT2D eigenvalue weighted by atomic mass is 19.4. The van der Waals surface area contributed by atoms with E-state index in [1.807, 2.05) is 18.4 Å². The van der Waals surface area contributed by atoms with Gasteiger partial charge in [0.2, 0.25) is 5.91 Å². The van der Waals surface area contributed by atoms with Crippen molar-refractivity contribution in [2.75, 3.05) is 5.73 Å². The lowest BCUT2D eigenvalue weighted by atomic mass is 10.0. The van der Waals surface area contributed by atoms with Crippen LogP contribution in [0.3, 0.4) is 0 Å². The molecule has 0 atom stereocenters. The van der Waals surface area contributed by atoms with Crippen molar-refractivity contribution in [1.29, 1.82) is 0 Å². The topological polar surface area (TPSA) is 103 Å². The standard InChI is InChI=1S/C20H21F3N6O2/c1-9(2)29-12-7-28(13(30)5-20(21,22)23)6-11-16(27-31-17(11)10-3-4-10)14(12)15-18(24)25-8-26-19(15)29/h8-10H,3-7H2,1-2H3,(H2,24,25,26). The number of nitrogens with two attached hydrogens (primary N) is 1. The molecule has 5 rings (SSSR count). The van der Waals surface area contributed by atoms with Crippen LogP contribution in [0.1, 0.15) is 62.1 Å². The minimum absolute atomic E-state index is 0.00143. The number of hydrogen-bond donors (Lipinski definition) is 1. The lowest BCUT2D eigenvalue weighted by molar-refractivity contribution is -0.162. The molecule has 164 valence electrons. The number of anilines is 1. The molecule has 2 N–H and O–H groups in total. The highest BCUT2D eigenvalue weighted by Crippen LogP contribution is 2.48. The van der Waals surface area contributed by atoms with Gasteiger partial charge < -0.3 is 19.7 Å². The van der Waals surface area contributed by atoms with Gasteiger partial charge in [-0.3, -0.25) is 4.79 Å². The minimum Gasteiger partial charge on any atom is -0.383 e. The molecule has 0 saturated heterocycles. The third kappa shape index (κ3) is 3.22. The van der Waals surface area contributed by atoms with Crippen LogP contribution in [0.15, 0.2) is 10.9 Å². The summed E-state index contributed by atoms with van der Waals surface area (Å²) in [5, 5.41) is 4.87. The van der Waals surface area contributed by atoms with Gasteiger partial charge in [-0.1, -0.05) is 5.16 Å². The summed E-state index contributed by atoms with van der Waals surface area (Å²) < 4.78 is 46.6. The number of halogens is 3. The van der Waals surface area contributed by atoms with E-state index in [9.17, 15) is 18.0 Å². The summed E-state index contributed by atoms with van der Waals surface area (Å²) >= 11 is 0. The van der Waals surface area contributed by atoms with Gasteiger partial charge in [-0.15, -0.1) is 0 Å². The van der Waals surface area contributed by atoms with Gasteiger partial charge in [-0.05, 0) is 26.7 Å². The lowest BCUT2D eigenvalue weighted by Crippen LogP contribution is -2.33. The Labute approximate surface area is 175 Å².